The third-order valence-corrected chi connectivity index (χ3v) is 40.5. The Morgan fingerprint density at radius 3 is 1.07 bits per heavy atom. The van der Waals surface area contributed by atoms with Crippen molar-refractivity contribution in [3.8, 4) is 0 Å². The molecule has 18 heteroatoms. The quantitative estimate of drug-likeness (QED) is 0.0537. The standard InChI is InChI=1S/C26H38N2O2.C26H38O4.C25H40O3.C25H38O3.C2H6O.H4N2.H2O/c1-14(2)16-7-8-17-21-18(9-10-25(16,17)5)26(6)12-15-13-27-28-20(15)11-19(26)22-23(21)30-24(3,4)29-22;1-14(2)16-7-8-17-21-18(9-10-25(16,17)5)26(6)12-15(13-27)20(28)11-19(26)22-23(21)30-24(3,4)29-22;2*1-14(2)16-7-8-17-20-18(10-12-24(16,17)5)25(6)11-9-15(26)13-19(25)21-22(20)28-23(3,4)27-21;1-2-3;1-2;/h13,16-19,21-23H,1,7-12H2,2-6H3,(H,27,28);13,16-19,21-23,27H,1,7-12H2,2-6H3;15-22,26H,1,7-13H2,2-6H3;16-22H,1,7-13H2,2-6H3;3H,2H2,1H3;1-2H2;1H2/t2*16-,17+,18+,19-,21+,22-,23-,25-,26-;15-,16+,17-,18-,19+,20-,21+,22+,24+,25+;16-,17+,18+,19-,20+,21-,22-,24-,25-;;;/m1101.../s1. The normalized spacial score (nSPS) is 51.3. The van der Waals surface area contributed by atoms with Gasteiger partial charge in [-0.2, -0.15) is 5.10 Å². The van der Waals surface area contributed by atoms with Crippen molar-refractivity contribution in [1.82, 2.24) is 10.2 Å². The number of nitrogens with one attached hydrogen (secondary N) is 1. The molecule has 0 amide bonds. The van der Waals surface area contributed by atoms with E-state index < -0.39 is 23.1 Å². The van der Waals surface area contributed by atoms with Gasteiger partial charge in [-0.25, -0.2) is 0 Å². The number of allylic oxidation sites excluding steroid dienone is 5. The van der Waals surface area contributed by atoms with Gasteiger partial charge in [-0.3, -0.25) is 26.4 Å². The first-order valence-corrected chi connectivity index (χ1v) is 48.8. The molecule has 4 saturated heterocycles. The van der Waals surface area contributed by atoms with Crippen molar-refractivity contribution >= 4 is 11.6 Å². The van der Waals surface area contributed by atoms with Crippen LogP contribution in [-0.2, 0) is 60.3 Å². The maximum atomic E-state index is 12.7. The predicted molar refractivity (Wildman–Crippen MR) is 477 cm³/mol. The second kappa shape index (κ2) is 32.5. The molecule has 686 valence electrons. The molecule has 0 radical (unpaired) electrons. The van der Waals surface area contributed by atoms with Crippen molar-refractivity contribution in [1.29, 1.82) is 0 Å². The number of aliphatic hydroxyl groups is 3. The minimum absolute atomic E-state index is 0. The van der Waals surface area contributed by atoms with Gasteiger partial charge in [0.05, 0.1) is 67.4 Å². The molecule has 18 nitrogen and oxygen atoms in total. The third-order valence-electron chi connectivity index (χ3n) is 40.5. The molecule has 5 heterocycles. The molecular formula is C104H166N4O14. The number of aromatic amines is 1. The van der Waals surface area contributed by atoms with Crippen LogP contribution in [0.1, 0.15) is 311 Å². The fraction of sp³-hybridized carbons (Fsp3) is 0.856. The molecule has 21 rings (SSSR count). The highest BCUT2D eigenvalue weighted by atomic mass is 16.8. The van der Waals surface area contributed by atoms with Crippen LogP contribution in [0, 0.1) is 162 Å². The Morgan fingerprint density at radius 2 is 0.713 bits per heavy atom. The van der Waals surface area contributed by atoms with E-state index in [2.05, 4.69) is 179 Å². The van der Waals surface area contributed by atoms with E-state index in [1.54, 1.807) is 6.92 Å². The number of nitrogens with two attached hydrogens (primary N) is 2. The molecule has 1 aromatic heterocycles. The number of ether oxygens (including phenoxy) is 8. The van der Waals surface area contributed by atoms with Gasteiger partial charge in [-0.15, -0.1) is 0 Å². The Balaban J connectivity index is 0.000000124. The average molecular weight is 1700 g/mol. The van der Waals surface area contributed by atoms with Gasteiger partial charge in [0.2, 0.25) is 0 Å². The first-order chi connectivity index (χ1) is 56.7. The first-order valence-electron chi connectivity index (χ1n) is 48.8. The third kappa shape index (κ3) is 14.6. The van der Waals surface area contributed by atoms with Gasteiger partial charge in [0.1, 0.15) is 5.78 Å². The first kappa shape index (κ1) is 93.2. The van der Waals surface area contributed by atoms with Crippen molar-refractivity contribution in [3.63, 3.8) is 0 Å². The number of aliphatic hydroxyl groups excluding tert-OH is 3. The van der Waals surface area contributed by atoms with E-state index in [0.29, 0.717) is 159 Å². The number of ketones is 2. The Kier molecular flexibility index (Phi) is 24.8. The number of aromatic nitrogens is 2. The van der Waals surface area contributed by atoms with Crippen molar-refractivity contribution in [3.05, 3.63) is 77.9 Å². The summed E-state index contributed by atoms with van der Waals surface area (Å²) in [6, 6.07) is 0. The lowest BCUT2D eigenvalue weighted by Gasteiger charge is -2.63. The van der Waals surface area contributed by atoms with Crippen molar-refractivity contribution in [2.75, 3.05) is 6.61 Å². The fourth-order valence-electron chi connectivity index (χ4n) is 35.8. The minimum Gasteiger partial charge on any atom is -0.515 e. The van der Waals surface area contributed by atoms with E-state index in [-0.39, 0.29) is 106 Å². The van der Waals surface area contributed by atoms with Gasteiger partial charge < -0.3 is 58.7 Å². The largest absolute Gasteiger partial charge is 0.515 e. The Hall–Kier alpha value is -3.47. The van der Waals surface area contributed by atoms with Crippen LogP contribution in [-0.4, -0.2) is 127 Å². The van der Waals surface area contributed by atoms with Crippen molar-refractivity contribution in [2.24, 2.45) is 173 Å². The zero-order valence-corrected chi connectivity index (χ0v) is 79.3. The molecule has 16 aliphatic carbocycles. The molecule has 15 saturated carbocycles. The Morgan fingerprint density at radius 1 is 0.418 bits per heavy atom. The number of H-pyrrole nitrogens is 1. The van der Waals surface area contributed by atoms with Crippen LogP contribution < -0.4 is 11.7 Å². The number of Topliss-reactive ketones (excluding diaryl/α,β-unsaturated/α-hetero) is 2. The molecule has 37 atom stereocenters. The molecule has 122 heavy (non-hydrogen) atoms. The molecule has 1 aromatic rings. The molecular weight excluding hydrogens is 1530 g/mol. The van der Waals surface area contributed by atoms with Crippen LogP contribution in [0.15, 0.2) is 66.6 Å². The van der Waals surface area contributed by atoms with Crippen LogP contribution in [0.5, 0.6) is 0 Å². The SMILES string of the molecule is C=C(C)[C@H]1CC[C@H]2[C@@H]3[C@H]4OC(C)(C)O[C@@H]4[C@H]4CC(=O)C(=CO)C[C@]4(C)[C@H]3CC[C@]12C.C=C(C)[C@H]1CC[C@H]2[C@@H]3[C@H]4OC(C)(C)O[C@@H]4[C@H]4CC(=O)CC[C@]4(C)[C@H]3CC[C@]12C.C=C(C)[C@H]1CC[C@H]2[C@@H]3[C@H]4OC(C)(C)O[C@@H]4[C@H]4C[C@@H](O)CC[C@]4(C)[C@H]3CC[C@]12C.C=C(C)[C@H]1CC[C@H]2[C@@H]3[C@H]4OC(C)(C)O[C@@H]4[C@H]4Cc5[nH]ncc5C[C@]4(C)[C@H]3CC[C@]12C.CCO.NN.O. The number of nitrogens with zero attached hydrogens (tertiary/aromatic N) is 1. The molecule has 4 aliphatic heterocycles. The summed E-state index contributed by atoms with van der Waals surface area (Å²) in [7, 11) is 0. The second-order valence-electron chi connectivity index (χ2n) is 48.2. The summed E-state index contributed by atoms with van der Waals surface area (Å²) in [5.74, 6) is 17.8. The number of carbonyl (C=O) groups excluding carboxylic acids is 2. The Bertz CT molecular complexity index is 4140. The predicted octanol–water partition coefficient (Wildman–Crippen LogP) is 19.7. The summed E-state index contributed by atoms with van der Waals surface area (Å²) in [6.45, 7) is 65.0. The highest BCUT2D eigenvalue weighted by Gasteiger charge is 2.75. The number of fused-ring (bicyclic) bond motifs is 33. The number of hydrazine groups is 1. The molecule has 10 N–H and O–H groups in total. The molecule has 19 fully saturated rings. The zero-order valence-electron chi connectivity index (χ0n) is 79.3. The average Bonchev–Trinajstić information content (AvgIpc) is 1.51. The van der Waals surface area contributed by atoms with Gasteiger partial charge in [-0.1, -0.05) is 104 Å². The highest BCUT2D eigenvalue weighted by molar-refractivity contribution is 5.96. The lowest BCUT2D eigenvalue weighted by molar-refractivity contribution is -0.188. The smallest absolute Gasteiger partial charge is 0.163 e. The number of carbonyl (C=O) groups is 2. The van der Waals surface area contributed by atoms with Crippen LogP contribution in [0.2, 0.25) is 0 Å². The van der Waals surface area contributed by atoms with Gasteiger partial charge >= 0.3 is 0 Å². The number of hydrogen-bond donors (Lipinski definition) is 6. The van der Waals surface area contributed by atoms with E-state index >= 15 is 0 Å². The topological polar surface area (TPSA) is 281 Å². The van der Waals surface area contributed by atoms with E-state index in [1.807, 2.05) is 13.8 Å². The summed E-state index contributed by atoms with van der Waals surface area (Å²) < 4.78 is 53.1. The molecule has 0 unspecified atom stereocenters. The molecule has 0 bridgehead atoms. The van der Waals surface area contributed by atoms with E-state index in [9.17, 15) is 19.8 Å². The minimum atomic E-state index is -0.610. The van der Waals surface area contributed by atoms with Crippen molar-refractivity contribution in [2.45, 2.75) is 390 Å². The highest BCUT2D eigenvalue weighted by Crippen LogP contribution is 2.76. The molecule has 0 spiro atoms. The van der Waals surface area contributed by atoms with E-state index in [4.69, 9.17) is 43.0 Å². The lowest BCUT2D eigenvalue weighted by atomic mass is 9.43. The fourth-order valence-corrected chi connectivity index (χ4v) is 35.8. The summed E-state index contributed by atoms with van der Waals surface area (Å²) in [5, 5.41) is 35.5. The van der Waals surface area contributed by atoms with Gasteiger partial charge in [-0.05, 0) is 393 Å². The van der Waals surface area contributed by atoms with Crippen LogP contribution >= 0.6 is 0 Å². The van der Waals surface area contributed by atoms with Crippen molar-refractivity contribution < 1.29 is 68.3 Å². The number of hydrogen-bond acceptors (Lipinski definition) is 16. The summed E-state index contributed by atoms with van der Waals surface area (Å²) >= 11 is 0. The zero-order chi connectivity index (χ0) is 87.5. The van der Waals surface area contributed by atoms with Crippen LogP contribution in [0.25, 0.3) is 0 Å². The van der Waals surface area contributed by atoms with Gasteiger partial charge in [0.25, 0.3) is 0 Å². The summed E-state index contributed by atoms with van der Waals surface area (Å²) in [4.78, 5) is 25.2. The maximum absolute atomic E-state index is 12.7. The van der Waals surface area contributed by atoms with E-state index in [0.717, 1.165) is 57.6 Å². The maximum Gasteiger partial charge on any atom is 0.163 e. The Labute approximate surface area is 734 Å². The molecule has 0 aromatic carbocycles. The van der Waals surface area contributed by atoms with E-state index in [1.165, 1.54) is 130 Å². The molecule has 20 aliphatic rings. The number of rotatable bonds is 4. The summed E-state index contributed by atoms with van der Waals surface area (Å²) in [5.41, 5.74) is 10.9. The second-order valence-corrected chi connectivity index (χ2v) is 48.2. The summed E-state index contributed by atoms with van der Waals surface area (Å²) in [6.07, 6.45) is 33.2. The van der Waals surface area contributed by atoms with Crippen LogP contribution in [0.3, 0.4) is 0 Å². The monoisotopic (exact) mass is 1700 g/mol. The van der Waals surface area contributed by atoms with Crippen LogP contribution in [0.4, 0.5) is 0 Å². The van der Waals surface area contributed by atoms with Gasteiger partial charge in [0.15, 0.2) is 28.9 Å². The lowest BCUT2D eigenvalue weighted by Crippen LogP contribution is -2.63. The van der Waals surface area contributed by atoms with Gasteiger partial charge in [0, 0.05) is 49.0 Å².